The Hall–Kier alpha value is -2.75. The number of pyridine rings is 1. The van der Waals surface area contributed by atoms with Gasteiger partial charge in [0.05, 0.1) is 16.7 Å². The zero-order valence-electron chi connectivity index (χ0n) is 12.8. The van der Waals surface area contributed by atoms with E-state index in [4.69, 9.17) is 4.65 Å². The van der Waals surface area contributed by atoms with Crippen molar-refractivity contribution < 1.29 is 9.22 Å². The van der Waals surface area contributed by atoms with Gasteiger partial charge in [0.15, 0.2) is 12.7 Å². The highest BCUT2D eigenvalue weighted by Crippen LogP contribution is 2.48. The molecule has 0 N–H and O–H groups in total. The maximum absolute atomic E-state index is 6.32. The Morgan fingerprint density at radius 2 is 2.00 bits per heavy atom. The van der Waals surface area contributed by atoms with Crippen molar-refractivity contribution in [3.63, 3.8) is 0 Å². The van der Waals surface area contributed by atoms with Gasteiger partial charge in [-0.25, -0.2) is 0 Å². The molecule has 1 aromatic heterocycles. The summed E-state index contributed by atoms with van der Waals surface area (Å²) in [6.07, 6.45) is 2.18. The van der Waals surface area contributed by atoms with Crippen LogP contribution in [0.4, 0.5) is 11.4 Å². The summed E-state index contributed by atoms with van der Waals surface area (Å²) in [6.45, 7) is 3.13. The summed E-state index contributed by atoms with van der Waals surface area (Å²) in [4.78, 5) is 2.36. The van der Waals surface area contributed by atoms with E-state index in [0.717, 1.165) is 12.3 Å². The molecule has 3 aliphatic heterocycles. The van der Waals surface area contributed by atoms with Crippen molar-refractivity contribution in [3.05, 3.63) is 65.9 Å². The molecule has 0 atom stereocenters. The topological polar surface area (TPSA) is 16.4 Å². The first-order chi connectivity index (χ1) is 11.3. The summed E-state index contributed by atoms with van der Waals surface area (Å²) in [6, 6.07) is 17.3. The SMILES string of the molecule is Cc1cc2c3c(c1)N1B(Oc4ccccc41)c1ccc[n+](c1-3)C2. The van der Waals surface area contributed by atoms with Crippen LogP contribution in [0.25, 0.3) is 11.3 Å². The van der Waals surface area contributed by atoms with Crippen LogP contribution in [-0.2, 0) is 6.54 Å². The molecule has 0 saturated heterocycles. The minimum absolute atomic E-state index is 0.0601. The molecular weight excluding hydrogens is 283 g/mol. The highest BCUT2D eigenvalue weighted by atomic mass is 16.5. The van der Waals surface area contributed by atoms with Crippen LogP contribution in [-0.4, -0.2) is 7.05 Å². The monoisotopic (exact) mass is 297 g/mol. The molecule has 2 aromatic carbocycles. The number of anilines is 2. The fraction of sp³-hybridized carbons (Fsp3) is 0.105. The lowest BCUT2D eigenvalue weighted by atomic mass is 9.66. The number of aryl methyl sites for hydroxylation is 1. The molecule has 0 saturated carbocycles. The van der Waals surface area contributed by atoms with Crippen LogP contribution < -0.4 is 19.5 Å². The smallest absolute Gasteiger partial charge is 0.531 e. The largest absolute Gasteiger partial charge is 0.536 e. The van der Waals surface area contributed by atoms with Gasteiger partial charge in [0.25, 0.3) is 0 Å². The molecule has 0 bridgehead atoms. The maximum atomic E-state index is 6.32. The van der Waals surface area contributed by atoms with Crippen LogP contribution in [0.5, 0.6) is 5.75 Å². The fourth-order valence-corrected chi connectivity index (χ4v) is 4.32. The van der Waals surface area contributed by atoms with E-state index in [-0.39, 0.29) is 7.05 Å². The van der Waals surface area contributed by atoms with E-state index in [1.807, 2.05) is 6.07 Å². The first kappa shape index (κ1) is 11.8. The third kappa shape index (κ3) is 1.31. The second-order valence-corrected chi connectivity index (χ2v) is 6.57. The Kier molecular flexibility index (Phi) is 1.93. The van der Waals surface area contributed by atoms with Crippen LogP contribution in [0.1, 0.15) is 11.1 Å². The van der Waals surface area contributed by atoms with Gasteiger partial charge in [0.2, 0.25) is 5.69 Å². The number of aromatic nitrogens is 1. The number of benzene rings is 2. The van der Waals surface area contributed by atoms with Crippen LogP contribution in [0.3, 0.4) is 0 Å². The first-order valence-electron chi connectivity index (χ1n) is 8.02. The number of fused-ring (bicyclic) bond motifs is 5. The van der Waals surface area contributed by atoms with Crippen molar-refractivity contribution in [1.29, 1.82) is 0 Å². The van der Waals surface area contributed by atoms with E-state index in [0.29, 0.717) is 0 Å². The second kappa shape index (κ2) is 3.77. The number of nitrogens with zero attached hydrogens (tertiary/aromatic N) is 2. The van der Waals surface area contributed by atoms with Gasteiger partial charge >= 0.3 is 7.05 Å². The lowest BCUT2D eigenvalue weighted by Crippen LogP contribution is -2.53. The van der Waals surface area contributed by atoms with E-state index in [9.17, 15) is 0 Å². The minimum atomic E-state index is -0.0601. The van der Waals surface area contributed by atoms with Crippen molar-refractivity contribution in [2.24, 2.45) is 0 Å². The van der Waals surface area contributed by atoms with Gasteiger partial charge in [0.1, 0.15) is 5.75 Å². The van der Waals surface area contributed by atoms with E-state index < -0.39 is 0 Å². The highest BCUT2D eigenvalue weighted by Gasteiger charge is 2.50. The molecular formula is C19H14BN2O+. The van der Waals surface area contributed by atoms with Crippen molar-refractivity contribution in [2.45, 2.75) is 13.5 Å². The predicted molar refractivity (Wildman–Crippen MR) is 90.5 cm³/mol. The normalized spacial score (nSPS) is 15.2. The molecule has 3 aromatic rings. The van der Waals surface area contributed by atoms with Crippen LogP contribution >= 0.6 is 0 Å². The first-order valence-corrected chi connectivity index (χ1v) is 8.02. The molecule has 0 unspecified atom stereocenters. The number of hydrogen-bond donors (Lipinski definition) is 0. The third-order valence-electron chi connectivity index (χ3n) is 5.15. The van der Waals surface area contributed by atoms with Gasteiger partial charge in [-0.1, -0.05) is 12.1 Å². The van der Waals surface area contributed by atoms with Gasteiger partial charge in [-0.15, -0.1) is 0 Å². The van der Waals surface area contributed by atoms with Gasteiger partial charge in [-0.3, -0.25) is 0 Å². The molecule has 0 amide bonds. The number of hydrogen-bond acceptors (Lipinski definition) is 2. The minimum Gasteiger partial charge on any atom is -0.536 e. The lowest BCUT2D eigenvalue weighted by Gasteiger charge is -2.28. The summed E-state index contributed by atoms with van der Waals surface area (Å²) in [7, 11) is -0.0601. The molecule has 0 fully saturated rings. The molecule has 0 radical (unpaired) electrons. The standard InChI is InChI=1S/C19H14BN2O/c1-12-9-13-11-21-8-4-5-14-19(21)18(13)16(10-12)22-15-6-2-3-7-17(15)23-20(14)22/h2-10H,11H2,1H3/q+1. The molecule has 108 valence electrons. The van der Waals surface area contributed by atoms with Crippen molar-refractivity contribution in [1.82, 2.24) is 0 Å². The van der Waals surface area contributed by atoms with Gasteiger partial charge in [-0.05, 0) is 42.8 Å². The van der Waals surface area contributed by atoms with Crippen molar-refractivity contribution in [2.75, 3.05) is 4.81 Å². The van der Waals surface area contributed by atoms with Gasteiger partial charge in [0, 0.05) is 17.3 Å². The number of para-hydroxylation sites is 2. The lowest BCUT2D eigenvalue weighted by molar-refractivity contribution is -0.671. The van der Waals surface area contributed by atoms with Crippen molar-refractivity contribution >= 4 is 23.9 Å². The Labute approximate surface area is 134 Å². The van der Waals surface area contributed by atoms with Crippen LogP contribution in [0.15, 0.2) is 54.7 Å². The average Bonchev–Trinajstić information content (AvgIpc) is 3.12. The molecule has 4 heteroatoms. The summed E-state index contributed by atoms with van der Waals surface area (Å²) < 4.78 is 8.68. The zero-order valence-corrected chi connectivity index (χ0v) is 12.8. The fourth-order valence-electron chi connectivity index (χ4n) is 4.32. The zero-order chi connectivity index (χ0) is 15.1. The summed E-state index contributed by atoms with van der Waals surface area (Å²) in [5, 5.41) is 0. The predicted octanol–water partition coefficient (Wildman–Crippen LogP) is 2.55. The highest BCUT2D eigenvalue weighted by molar-refractivity contribution is 6.76. The van der Waals surface area contributed by atoms with E-state index in [2.05, 4.69) is 65.0 Å². The Morgan fingerprint density at radius 3 is 2.96 bits per heavy atom. The van der Waals surface area contributed by atoms with Gasteiger partial charge in [-0.2, -0.15) is 4.57 Å². The maximum Gasteiger partial charge on any atom is 0.531 e. The molecule has 0 aliphatic carbocycles. The second-order valence-electron chi connectivity index (χ2n) is 6.57. The molecule has 3 nitrogen and oxygen atoms in total. The van der Waals surface area contributed by atoms with Crippen LogP contribution in [0, 0.1) is 6.92 Å². The van der Waals surface area contributed by atoms with Gasteiger partial charge < -0.3 is 9.47 Å². The average molecular weight is 297 g/mol. The Bertz CT molecular complexity index is 1010. The molecule has 3 aliphatic rings. The molecule has 4 heterocycles. The molecule has 23 heavy (non-hydrogen) atoms. The molecule has 0 spiro atoms. The number of rotatable bonds is 0. The Balaban J connectivity index is 1.76. The van der Waals surface area contributed by atoms with E-state index >= 15 is 0 Å². The third-order valence-corrected chi connectivity index (χ3v) is 5.15. The summed E-state index contributed by atoms with van der Waals surface area (Å²) in [5.41, 5.74) is 9.13. The van der Waals surface area contributed by atoms with Crippen molar-refractivity contribution in [3.8, 4) is 17.0 Å². The molecule has 6 rings (SSSR count). The summed E-state index contributed by atoms with van der Waals surface area (Å²) in [5.74, 6) is 0.968. The van der Waals surface area contributed by atoms with Crippen LogP contribution in [0.2, 0.25) is 0 Å². The quantitative estimate of drug-likeness (QED) is 0.366. The van der Waals surface area contributed by atoms with E-state index in [1.54, 1.807) is 0 Å². The summed E-state index contributed by atoms with van der Waals surface area (Å²) >= 11 is 0. The Morgan fingerprint density at radius 1 is 1.09 bits per heavy atom. The van der Waals surface area contributed by atoms with E-state index in [1.165, 1.54) is 39.2 Å².